The van der Waals surface area contributed by atoms with Crippen molar-refractivity contribution in [2.75, 3.05) is 29.0 Å². The number of aryl methyl sites for hydroxylation is 3. The van der Waals surface area contributed by atoms with Crippen molar-refractivity contribution < 1.29 is 36.5 Å². The van der Waals surface area contributed by atoms with Gasteiger partial charge in [-0.25, -0.2) is 9.37 Å². The fraction of sp³-hybridized carbons (Fsp3) is 0.312. The van der Waals surface area contributed by atoms with Gasteiger partial charge in [-0.2, -0.15) is 18.2 Å². The number of aldehydes is 1. The third kappa shape index (κ3) is 9.11. The minimum Gasteiger partial charge on any atom is -0.361 e. The van der Waals surface area contributed by atoms with Crippen molar-refractivity contribution in [3.8, 4) is 0 Å². The number of fused-ring (bicyclic) bond motifs is 6. The Hall–Kier alpha value is -5.34. The van der Waals surface area contributed by atoms with E-state index in [1.54, 1.807) is 24.0 Å². The summed E-state index contributed by atoms with van der Waals surface area (Å²) in [4.78, 5) is 44.6. The molecule has 4 heterocycles. The lowest BCUT2D eigenvalue weighted by Gasteiger charge is -2.31. The molecule has 6 rings (SSSR count). The lowest BCUT2D eigenvalue weighted by atomic mass is 9.93. The summed E-state index contributed by atoms with van der Waals surface area (Å²) in [5.41, 5.74) is 4.54. The molecule has 2 aromatic heterocycles. The van der Waals surface area contributed by atoms with Crippen molar-refractivity contribution >= 4 is 46.9 Å². The number of benzene rings is 2. The van der Waals surface area contributed by atoms with Crippen LogP contribution in [0.25, 0.3) is 0 Å². The molecule has 2 aliphatic rings. The Labute approximate surface area is 266 Å². The molecule has 0 radical (unpaired) electrons. The van der Waals surface area contributed by atoms with E-state index in [1.165, 1.54) is 0 Å². The van der Waals surface area contributed by atoms with Crippen LogP contribution in [0.5, 0.6) is 0 Å². The maximum Gasteiger partial charge on any atom is 0.446 e. The average molecular weight is 654 g/mol. The van der Waals surface area contributed by atoms with Crippen LogP contribution in [0.4, 0.5) is 46.4 Å². The number of piperidine rings is 1. The van der Waals surface area contributed by atoms with Crippen LogP contribution in [0.3, 0.4) is 0 Å². The molecule has 2 amide bonds. The fourth-order valence-electron chi connectivity index (χ4n) is 5.30. The quantitative estimate of drug-likeness (QED) is 0.175. The van der Waals surface area contributed by atoms with Gasteiger partial charge in [0.1, 0.15) is 5.76 Å². The summed E-state index contributed by atoms with van der Waals surface area (Å²) < 4.78 is 50.8. The van der Waals surface area contributed by atoms with Gasteiger partial charge in [-0.3, -0.25) is 14.4 Å². The normalized spacial score (nSPS) is 14.5. The first-order valence-corrected chi connectivity index (χ1v) is 14.8. The number of rotatable bonds is 4. The standard InChI is InChI=1S/C30H30FN7O3.C2HF3O/c1-18-13-26(37-41-18)29(40)38-11-9-20(10-12-38)15-27(39)35-25-8-7-23-16-21(25)6-5-19-3-2-4-22(14-19)34-30-32-17-24(31)28(33-23)36-30;3-2(4,5)1-6/h2-4,7-8,13-14,16-17,20H,5-6,9-12,15H2,1H3,(H,35,39)(H2,32,33,34,36);1H. The largest absolute Gasteiger partial charge is 0.446 e. The summed E-state index contributed by atoms with van der Waals surface area (Å²) in [5.74, 6) is 0.346. The van der Waals surface area contributed by atoms with Crippen molar-refractivity contribution in [3.63, 3.8) is 0 Å². The van der Waals surface area contributed by atoms with E-state index in [-0.39, 0.29) is 29.5 Å². The summed E-state index contributed by atoms with van der Waals surface area (Å²) >= 11 is 0. The molecular weight excluding hydrogens is 622 g/mol. The summed E-state index contributed by atoms with van der Waals surface area (Å²) in [5, 5.41) is 13.1. The number of nitrogens with one attached hydrogen (secondary N) is 3. The zero-order chi connectivity index (χ0) is 33.6. The van der Waals surface area contributed by atoms with E-state index in [4.69, 9.17) is 9.32 Å². The second kappa shape index (κ2) is 14.4. The van der Waals surface area contributed by atoms with Crippen molar-refractivity contribution in [3.05, 3.63) is 83.1 Å². The number of amides is 2. The Morgan fingerprint density at radius 3 is 2.51 bits per heavy atom. The molecule has 6 bridgehead atoms. The molecule has 1 saturated heterocycles. The van der Waals surface area contributed by atoms with Crippen molar-refractivity contribution in [1.82, 2.24) is 20.0 Å². The first-order valence-electron chi connectivity index (χ1n) is 14.8. The molecule has 47 heavy (non-hydrogen) atoms. The van der Waals surface area contributed by atoms with Crippen LogP contribution in [0.15, 0.2) is 59.3 Å². The predicted octanol–water partition coefficient (Wildman–Crippen LogP) is 6.13. The van der Waals surface area contributed by atoms with Gasteiger partial charge in [0, 0.05) is 42.6 Å². The molecule has 3 N–H and O–H groups in total. The van der Waals surface area contributed by atoms with Crippen LogP contribution in [-0.2, 0) is 22.4 Å². The molecule has 11 nitrogen and oxygen atoms in total. The third-order valence-electron chi connectivity index (χ3n) is 7.61. The van der Waals surface area contributed by atoms with E-state index in [2.05, 4.69) is 31.1 Å². The summed E-state index contributed by atoms with van der Waals surface area (Å²) in [6.45, 7) is 2.90. The molecule has 246 valence electrons. The number of nitrogens with zero attached hydrogens (tertiary/aromatic N) is 4. The molecule has 0 aliphatic carbocycles. The Bertz CT molecular complexity index is 1750. The van der Waals surface area contributed by atoms with E-state index >= 15 is 0 Å². The van der Waals surface area contributed by atoms with Crippen molar-refractivity contribution in [2.45, 2.75) is 45.2 Å². The highest BCUT2D eigenvalue weighted by Gasteiger charge is 2.27. The molecular formula is C32H31F4N7O4. The number of halogens is 4. The Morgan fingerprint density at radius 2 is 1.81 bits per heavy atom. The molecule has 0 spiro atoms. The van der Waals surface area contributed by atoms with Gasteiger partial charge in [0.15, 0.2) is 17.3 Å². The van der Waals surface area contributed by atoms with Gasteiger partial charge in [-0.1, -0.05) is 17.3 Å². The third-order valence-corrected chi connectivity index (χ3v) is 7.61. The van der Waals surface area contributed by atoms with Crippen LogP contribution in [-0.4, -0.2) is 57.4 Å². The molecule has 0 saturated carbocycles. The van der Waals surface area contributed by atoms with E-state index in [9.17, 15) is 27.2 Å². The van der Waals surface area contributed by atoms with Crippen LogP contribution < -0.4 is 16.0 Å². The smallest absolute Gasteiger partial charge is 0.361 e. The second-order valence-electron chi connectivity index (χ2n) is 11.2. The van der Waals surface area contributed by atoms with Crippen molar-refractivity contribution in [2.24, 2.45) is 5.92 Å². The Morgan fingerprint density at radius 1 is 1.06 bits per heavy atom. The highest BCUT2D eigenvalue weighted by molar-refractivity contribution is 5.93. The topological polar surface area (TPSA) is 142 Å². The second-order valence-corrected chi connectivity index (χ2v) is 11.2. The Kier molecular flexibility index (Phi) is 10.1. The van der Waals surface area contributed by atoms with Crippen LogP contribution in [0.1, 0.15) is 46.6 Å². The van der Waals surface area contributed by atoms with Crippen LogP contribution >= 0.6 is 0 Å². The van der Waals surface area contributed by atoms with Gasteiger partial charge in [0.25, 0.3) is 5.91 Å². The number of aromatic nitrogens is 3. The fourth-order valence-corrected chi connectivity index (χ4v) is 5.30. The molecule has 0 unspecified atom stereocenters. The summed E-state index contributed by atoms with van der Waals surface area (Å²) in [7, 11) is 0. The first kappa shape index (κ1) is 33.0. The maximum atomic E-state index is 14.5. The zero-order valence-corrected chi connectivity index (χ0v) is 25.2. The SMILES string of the molecule is Cc1cc(C(=O)N2CCC(CC(=O)Nc3ccc4cc3CCc3cccc(c3)Nc3ncc(F)c(n3)N4)CC2)no1.O=CC(F)(F)F. The summed E-state index contributed by atoms with van der Waals surface area (Å²) in [6, 6.07) is 15.1. The van der Waals surface area contributed by atoms with E-state index < -0.39 is 18.3 Å². The van der Waals surface area contributed by atoms with Crippen LogP contribution in [0.2, 0.25) is 0 Å². The molecule has 15 heteroatoms. The zero-order valence-electron chi connectivity index (χ0n) is 25.2. The number of alkyl halides is 3. The molecule has 4 aromatic rings. The monoisotopic (exact) mass is 653 g/mol. The molecule has 2 aromatic carbocycles. The van der Waals surface area contributed by atoms with Gasteiger partial charge >= 0.3 is 6.18 Å². The van der Waals surface area contributed by atoms with Gasteiger partial charge < -0.3 is 25.4 Å². The summed E-state index contributed by atoms with van der Waals surface area (Å²) in [6.07, 6.45) is -1.31. The van der Waals surface area contributed by atoms with E-state index in [0.717, 1.165) is 48.0 Å². The number of carbonyl (C=O) groups is 3. The highest BCUT2D eigenvalue weighted by Crippen LogP contribution is 2.29. The van der Waals surface area contributed by atoms with Gasteiger partial charge in [0.05, 0.1) is 6.20 Å². The van der Waals surface area contributed by atoms with E-state index in [0.29, 0.717) is 43.1 Å². The van der Waals surface area contributed by atoms with Crippen molar-refractivity contribution in [1.29, 1.82) is 0 Å². The maximum absolute atomic E-state index is 14.5. The molecule has 2 aliphatic heterocycles. The highest BCUT2D eigenvalue weighted by atomic mass is 19.4. The van der Waals surface area contributed by atoms with Gasteiger partial charge in [-0.15, -0.1) is 0 Å². The minimum absolute atomic E-state index is 0.0594. The molecule has 0 atom stereocenters. The van der Waals surface area contributed by atoms with E-state index in [1.807, 2.05) is 36.4 Å². The lowest BCUT2D eigenvalue weighted by molar-refractivity contribution is -0.156. The van der Waals surface area contributed by atoms with Gasteiger partial charge in [-0.05, 0) is 80.0 Å². The average Bonchev–Trinajstić information content (AvgIpc) is 3.48. The number of carbonyl (C=O) groups excluding carboxylic acids is 3. The molecule has 1 fully saturated rings. The number of hydrogen-bond donors (Lipinski definition) is 3. The predicted molar refractivity (Wildman–Crippen MR) is 164 cm³/mol. The minimum atomic E-state index is -4.64. The van der Waals surface area contributed by atoms with Crippen LogP contribution in [0, 0.1) is 18.7 Å². The first-order chi connectivity index (χ1) is 22.5. The lowest BCUT2D eigenvalue weighted by Crippen LogP contribution is -2.39. The number of likely N-dealkylation sites (tertiary alicyclic amines) is 1. The van der Waals surface area contributed by atoms with Gasteiger partial charge in [0.2, 0.25) is 18.1 Å². The Balaban J connectivity index is 0.000000662. The number of anilines is 5. The number of hydrogen-bond acceptors (Lipinski definition) is 9.